The van der Waals surface area contributed by atoms with Gasteiger partial charge in [0.25, 0.3) is 0 Å². The van der Waals surface area contributed by atoms with Crippen LogP contribution in [0.3, 0.4) is 0 Å². The van der Waals surface area contributed by atoms with Gasteiger partial charge < -0.3 is 10.5 Å². The van der Waals surface area contributed by atoms with Crippen molar-refractivity contribution in [2.45, 2.75) is 64.6 Å². The lowest BCUT2D eigenvalue weighted by Gasteiger charge is -2.37. The summed E-state index contributed by atoms with van der Waals surface area (Å²) in [4.78, 5) is 25.3. The standard InChI is InChI=1S/C13H24N2O3/c1-9(12(17)18-13(2,3)4)15-8-6-5-7-10(15)11(14)16/h9-10H,5-8H2,1-4H3,(H2,14,16). The van der Waals surface area contributed by atoms with E-state index in [-0.39, 0.29) is 17.9 Å². The quantitative estimate of drug-likeness (QED) is 0.766. The lowest BCUT2D eigenvalue weighted by atomic mass is 9.99. The van der Waals surface area contributed by atoms with Crippen LogP contribution in [-0.4, -0.2) is 41.0 Å². The van der Waals surface area contributed by atoms with E-state index in [0.29, 0.717) is 6.54 Å². The smallest absolute Gasteiger partial charge is 0.323 e. The lowest BCUT2D eigenvalue weighted by molar-refractivity contribution is -0.162. The van der Waals surface area contributed by atoms with E-state index in [1.807, 2.05) is 25.7 Å². The fraction of sp³-hybridized carbons (Fsp3) is 0.846. The lowest BCUT2D eigenvalue weighted by Crippen LogP contribution is -2.54. The number of ether oxygens (including phenoxy) is 1. The Bertz CT molecular complexity index is 323. The molecule has 5 heteroatoms. The predicted molar refractivity (Wildman–Crippen MR) is 68.8 cm³/mol. The number of hydrogen-bond donors (Lipinski definition) is 1. The molecule has 0 spiro atoms. The zero-order chi connectivity index (χ0) is 13.9. The molecule has 1 saturated heterocycles. The van der Waals surface area contributed by atoms with Crippen LogP contribution in [0.15, 0.2) is 0 Å². The van der Waals surface area contributed by atoms with Crippen molar-refractivity contribution in [1.82, 2.24) is 4.90 Å². The second-order valence-electron chi connectivity index (χ2n) is 5.86. The molecule has 2 atom stereocenters. The number of likely N-dealkylation sites (tertiary alicyclic amines) is 1. The highest BCUT2D eigenvalue weighted by Crippen LogP contribution is 2.21. The van der Waals surface area contributed by atoms with Gasteiger partial charge >= 0.3 is 5.97 Å². The van der Waals surface area contributed by atoms with Crippen LogP contribution in [0.5, 0.6) is 0 Å². The average molecular weight is 256 g/mol. The number of nitrogens with two attached hydrogens (primary N) is 1. The van der Waals surface area contributed by atoms with Crippen molar-refractivity contribution in [3.63, 3.8) is 0 Å². The number of carbonyl (C=O) groups is 2. The minimum atomic E-state index is -0.511. The number of rotatable bonds is 3. The number of amides is 1. The number of carbonyl (C=O) groups excluding carboxylic acids is 2. The molecule has 18 heavy (non-hydrogen) atoms. The predicted octanol–water partition coefficient (Wildman–Crippen LogP) is 1.06. The van der Waals surface area contributed by atoms with E-state index in [9.17, 15) is 9.59 Å². The summed E-state index contributed by atoms with van der Waals surface area (Å²) in [5, 5.41) is 0. The van der Waals surface area contributed by atoms with Crippen LogP contribution in [0.2, 0.25) is 0 Å². The minimum Gasteiger partial charge on any atom is -0.459 e. The van der Waals surface area contributed by atoms with Crippen LogP contribution in [0.25, 0.3) is 0 Å². The van der Waals surface area contributed by atoms with Gasteiger partial charge in [0.1, 0.15) is 11.6 Å². The molecule has 1 amide bonds. The van der Waals surface area contributed by atoms with Gasteiger partial charge in [-0.05, 0) is 47.1 Å². The summed E-state index contributed by atoms with van der Waals surface area (Å²) in [5.41, 5.74) is 4.88. The fourth-order valence-electron chi connectivity index (χ4n) is 2.25. The average Bonchev–Trinajstić information content (AvgIpc) is 2.25. The zero-order valence-corrected chi connectivity index (χ0v) is 11.7. The van der Waals surface area contributed by atoms with Gasteiger partial charge in [-0.15, -0.1) is 0 Å². The van der Waals surface area contributed by atoms with Gasteiger partial charge in [-0.25, -0.2) is 0 Å². The first kappa shape index (κ1) is 15.0. The summed E-state index contributed by atoms with van der Waals surface area (Å²) in [5.74, 6) is -0.652. The van der Waals surface area contributed by atoms with Crippen LogP contribution in [0, 0.1) is 0 Å². The van der Waals surface area contributed by atoms with E-state index < -0.39 is 11.6 Å². The van der Waals surface area contributed by atoms with Crippen molar-refractivity contribution in [3.8, 4) is 0 Å². The molecule has 2 unspecified atom stereocenters. The third-order valence-corrected chi connectivity index (χ3v) is 3.12. The Labute approximate surface area is 109 Å². The minimum absolute atomic E-state index is 0.296. The molecule has 1 aliphatic heterocycles. The molecule has 0 aliphatic carbocycles. The normalized spacial score (nSPS) is 23.4. The van der Waals surface area contributed by atoms with E-state index in [2.05, 4.69) is 0 Å². The molecular formula is C13H24N2O3. The highest BCUT2D eigenvalue weighted by Gasteiger charge is 2.35. The summed E-state index contributed by atoms with van der Waals surface area (Å²) in [6, 6.07) is -0.775. The Morgan fingerprint density at radius 1 is 1.33 bits per heavy atom. The highest BCUT2D eigenvalue weighted by molar-refractivity contribution is 5.82. The molecule has 2 N–H and O–H groups in total. The van der Waals surface area contributed by atoms with Gasteiger partial charge in [0.15, 0.2) is 0 Å². The van der Waals surface area contributed by atoms with Crippen LogP contribution >= 0.6 is 0 Å². The molecule has 5 nitrogen and oxygen atoms in total. The highest BCUT2D eigenvalue weighted by atomic mass is 16.6. The molecule has 1 fully saturated rings. The largest absolute Gasteiger partial charge is 0.459 e. The Morgan fingerprint density at radius 3 is 2.44 bits per heavy atom. The third kappa shape index (κ3) is 3.98. The molecule has 1 rings (SSSR count). The van der Waals surface area contributed by atoms with Crippen molar-refractivity contribution in [2.24, 2.45) is 5.73 Å². The molecular weight excluding hydrogens is 232 g/mol. The van der Waals surface area contributed by atoms with Gasteiger partial charge in [-0.2, -0.15) is 0 Å². The van der Waals surface area contributed by atoms with Crippen molar-refractivity contribution < 1.29 is 14.3 Å². The maximum absolute atomic E-state index is 12.0. The third-order valence-electron chi connectivity index (χ3n) is 3.12. The summed E-state index contributed by atoms with van der Waals surface area (Å²) >= 11 is 0. The zero-order valence-electron chi connectivity index (χ0n) is 11.7. The van der Waals surface area contributed by atoms with Gasteiger partial charge in [0.2, 0.25) is 5.91 Å². The Kier molecular flexibility index (Phi) is 4.73. The van der Waals surface area contributed by atoms with Crippen LogP contribution < -0.4 is 5.73 Å². The van der Waals surface area contributed by atoms with Crippen LogP contribution in [0.4, 0.5) is 0 Å². The summed E-state index contributed by atoms with van der Waals surface area (Å²) in [6.45, 7) is 7.99. The monoisotopic (exact) mass is 256 g/mol. The van der Waals surface area contributed by atoms with Crippen LogP contribution in [-0.2, 0) is 14.3 Å². The van der Waals surface area contributed by atoms with Crippen molar-refractivity contribution >= 4 is 11.9 Å². The maximum atomic E-state index is 12.0. The van der Waals surface area contributed by atoms with Gasteiger partial charge in [-0.3, -0.25) is 14.5 Å². The van der Waals surface area contributed by atoms with E-state index in [4.69, 9.17) is 10.5 Å². The number of nitrogens with zero attached hydrogens (tertiary/aromatic N) is 1. The number of primary amides is 1. The Hall–Kier alpha value is -1.10. The molecule has 0 aromatic heterocycles. The summed E-state index contributed by atoms with van der Waals surface area (Å²) in [6.07, 6.45) is 2.69. The second kappa shape index (κ2) is 5.69. The number of piperidine rings is 1. The molecule has 104 valence electrons. The topological polar surface area (TPSA) is 72.6 Å². The first-order chi connectivity index (χ1) is 8.22. The molecule has 0 bridgehead atoms. The van der Waals surface area contributed by atoms with Crippen molar-refractivity contribution in [1.29, 1.82) is 0 Å². The molecule has 0 saturated carbocycles. The Balaban J connectivity index is 2.71. The first-order valence-electron chi connectivity index (χ1n) is 6.50. The van der Waals surface area contributed by atoms with E-state index in [0.717, 1.165) is 19.3 Å². The maximum Gasteiger partial charge on any atom is 0.323 e. The summed E-state index contributed by atoms with van der Waals surface area (Å²) < 4.78 is 5.35. The second-order valence-corrected chi connectivity index (χ2v) is 5.86. The van der Waals surface area contributed by atoms with E-state index in [1.54, 1.807) is 6.92 Å². The molecule has 0 radical (unpaired) electrons. The molecule has 1 heterocycles. The SMILES string of the molecule is CC(C(=O)OC(C)(C)C)N1CCCCC1C(N)=O. The van der Waals surface area contributed by atoms with Gasteiger partial charge in [-0.1, -0.05) is 6.42 Å². The molecule has 0 aromatic rings. The fourth-order valence-corrected chi connectivity index (χ4v) is 2.25. The van der Waals surface area contributed by atoms with E-state index >= 15 is 0 Å². The molecule has 1 aliphatic rings. The summed E-state index contributed by atoms with van der Waals surface area (Å²) in [7, 11) is 0. The first-order valence-corrected chi connectivity index (χ1v) is 6.50. The van der Waals surface area contributed by atoms with E-state index in [1.165, 1.54) is 0 Å². The van der Waals surface area contributed by atoms with Gasteiger partial charge in [0, 0.05) is 0 Å². The van der Waals surface area contributed by atoms with Crippen LogP contribution in [0.1, 0.15) is 47.0 Å². The van der Waals surface area contributed by atoms with Crippen molar-refractivity contribution in [2.75, 3.05) is 6.54 Å². The molecule has 0 aromatic carbocycles. The Morgan fingerprint density at radius 2 is 1.94 bits per heavy atom. The van der Waals surface area contributed by atoms with Gasteiger partial charge in [0.05, 0.1) is 6.04 Å². The number of hydrogen-bond acceptors (Lipinski definition) is 4. The van der Waals surface area contributed by atoms with Crippen molar-refractivity contribution in [3.05, 3.63) is 0 Å². The number of esters is 1.